The van der Waals surface area contributed by atoms with Crippen molar-refractivity contribution in [3.05, 3.63) is 66.7 Å². The van der Waals surface area contributed by atoms with E-state index in [2.05, 4.69) is 66.7 Å². The predicted molar refractivity (Wildman–Crippen MR) is 94.2 cm³/mol. The van der Waals surface area contributed by atoms with Crippen LogP contribution in [0, 0.1) is 0 Å². The van der Waals surface area contributed by atoms with Crippen LogP contribution in [0.15, 0.2) is 66.7 Å². The second-order valence-electron chi connectivity index (χ2n) is 5.76. The van der Waals surface area contributed by atoms with Crippen molar-refractivity contribution in [3.63, 3.8) is 0 Å². The van der Waals surface area contributed by atoms with E-state index < -0.39 is 0 Å². The van der Waals surface area contributed by atoms with Crippen LogP contribution in [-0.2, 0) is 0 Å². The van der Waals surface area contributed by atoms with E-state index in [0.717, 1.165) is 5.75 Å². The first-order valence-electron chi connectivity index (χ1n) is 7.51. The van der Waals surface area contributed by atoms with Crippen LogP contribution >= 0.6 is 0 Å². The molecule has 0 unspecified atom stereocenters. The van der Waals surface area contributed by atoms with Crippen LogP contribution in [0.2, 0.25) is 0 Å². The fourth-order valence-electron chi connectivity index (χ4n) is 3.80. The molecule has 0 saturated heterocycles. The van der Waals surface area contributed by atoms with E-state index in [1.165, 1.54) is 43.1 Å². The normalized spacial score (nSPS) is 11.9. The van der Waals surface area contributed by atoms with Gasteiger partial charge in [-0.15, -0.1) is 0 Å². The summed E-state index contributed by atoms with van der Waals surface area (Å²) in [7, 11) is 1.75. The average Bonchev–Trinajstić information content (AvgIpc) is 2.59. The highest BCUT2D eigenvalue weighted by Crippen LogP contribution is 2.43. The minimum atomic E-state index is 0.946. The Balaban J connectivity index is 2.28. The molecular weight excluding hydrogens is 268 g/mol. The molecule has 0 aliphatic rings. The molecule has 0 aromatic heterocycles. The number of hydrogen-bond donors (Lipinski definition) is 0. The molecular formula is C21H14O. The van der Waals surface area contributed by atoms with Crippen molar-refractivity contribution in [1.82, 2.24) is 0 Å². The first kappa shape index (κ1) is 11.8. The summed E-state index contributed by atoms with van der Waals surface area (Å²) in [5.41, 5.74) is 0. The van der Waals surface area contributed by atoms with Crippen molar-refractivity contribution in [2.45, 2.75) is 0 Å². The standard InChI is InChI=1S/C21H14O/c1-22-18-12-11-14-7-3-9-16-15-8-2-5-13-6-4-10-17(19(13)15)21(18)20(14)16/h2-12H,1H3. The minimum absolute atomic E-state index is 0.946. The molecule has 1 nitrogen and oxygen atoms in total. The van der Waals surface area contributed by atoms with Gasteiger partial charge >= 0.3 is 0 Å². The summed E-state index contributed by atoms with van der Waals surface area (Å²) in [6.45, 7) is 0. The van der Waals surface area contributed by atoms with Crippen LogP contribution in [0.1, 0.15) is 0 Å². The van der Waals surface area contributed by atoms with Crippen molar-refractivity contribution >= 4 is 43.1 Å². The molecule has 0 amide bonds. The Morgan fingerprint density at radius 3 is 1.82 bits per heavy atom. The van der Waals surface area contributed by atoms with Crippen LogP contribution in [0.5, 0.6) is 5.75 Å². The Labute approximate surface area is 128 Å². The van der Waals surface area contributed by atoms with Gasteiger partial charge in [0.25, 0.3) is 0 Å². The van der Waals surface area contributed by atoms with E-state index in [-0.39, 0.29) is 0 Å². The van der Waals surface area contributed by atoms with Gasteiger partial charge in [-0.05, 0) is 38.4 Å². The predicted octanol–water partition coefficient (Wildman–Crippen LogP) is 5.75. The fraction of sp³-hybridized carbons (Fsp3) is 0.0476. The van der Waals surface area contributed by atoms with Crippen LogP contribution < -0.4 is 4.74 Å². The molecule has 0 spiro atoms. The Bertz CT molecular complexity index is 1150. The molecule has 22 heavy (non-hydrogen) atoms. The van der Waals surface area contributed by atoms with E-state index in [9.17, 15) is 0 Å². The van der Waals surface area contributed by atoms with Gasteiger partial charge in [-0.1, -0.05) is 60.7 Å². The van der Waals surface area contributed by atoms with Gasteiger partial charge in [0, 0.05) is 10.8 Å². The second-order valence-corrected chi connectivity index (χ2v) is 5.76. The maximum Gasteiger partial charge on any atom is 0.127 e. The first-order chi connectivity index (χ1) is 10.9. The molecule has 0 aliphatic heterocycles. The van der Waals surface area contributed by atoms with E-state index in [4.69, 9.17) is 4.74 Å². The van der Waals surface area contributed by atoms with E-state index in [1.54, 1.807) is 7.11 Å². The zero-order valence-electron chi connectivity index (χ0n) is 12.3. The van der Waals surface area contributed by atoms with Crippen LogP contribution in [0.4, 0.5) is 0 Å². The summed E-state index contributed by atoms with van der Waals surface area (Å²) in [6.07, 6.45) is 0. The highest BCUT2D eigenvalue weighted by Gasteiger charge is 2.15. The van der Waals surface area contributed by atoms with Gasteiger partial charge in [0.1, 0.15) is 5.75 Å². The Morgan fingerprint density at radius 2 is 1.14 bits per heavy atom. The molecule has 1 heteroatoms. The molecule has 0 fully saturated rings. The molecule has 0 atom stereocenters. The molecule has 5 aromatic rings. The van der Waals surface area contributed by atoms with Gasteiger partial charge in [-0.3, -0.25) is 0 Å². The van der Waals surface area contributed by atoms with Crippen molar-refractivity contribution in [2.24, 2.45) is 0 Å². The Kier molecular flexibility index (Phi) is 2.21. The summed E-state index contributed by atoms with van der Waals surface area (Å²) < 4.78 is 5.68. The highest BCUT2D eigenvalue weighted by atomic mass is 16.5. The first-order valence-corrected chi connectivity index (χ1v) is 7.51. The number of rotatable bonds is 1. The number of benzene rings is 5. The summed E-state index contributed by atoms with van der Waals surface area (Å²) in [4.78, 5) is 0. The summed E-state index contributed by atoms with van der Waals surface area (Å²) >= 11 is 0. The number of fused-ring (bicyclic) bond motifs is 2. The number of hydrogen-bond acceptors (Lipinski definition) is 1. The van der Waals surface area contributed by atoms with Crippen LogP contribution in [0.25, 0.3) is 43.1 Å². The maximum atomic E-state index is 5.68. The zero-order chi connectivity index (χ0) is 14.7. The van der Waals surface area contributed by atoms with Crippen molar-refractivity contribution in [3.8, 4) is 5.75 Å². The Morgan fingerprint density at radius 1 is 0.545 bits per heavy atom. The molecule has 5 rings (SSSR count). The molecule has 0 bridgehead atoms. The molecule has 5 aromatic carbocycles. The van der Waals surface area contributed by atoms with Gasteiger partial charge < -0.3 is 4.74 Å². The average molecular weight is 282 g/mol. The summed E-state index contributed by atoms with van der Waals surface area (Å²) in [6, 6.07) is 23.8. The Hall–Kier alpha value is -2.80. The topological polar surface area (TPSA) is 9.23 Å². The van der Waals surface area contributed by atoms with E-state index >= 15 is 0 Å². The quantitative estimate of drug-likeness (QED) is 0.281. The number of methoxy groups -OCH3 is 1. The summed E-state index contributed by atoms with van der Waals surface area (Å²) in [5.74, 6) is 0.946. The monoisotopic (exact) mass is 282 g/mol. The van der Waals surface area contributed by atoms with Crippen molar-refractivity contribution < 1.29 is 4.74 Å². The molecule has 104 valence electrons. The largest absolute Gasteiger partial charge is 0.496 e. The summed E-state index contributed by atoms with van der Waals surface area (Å²) in [5, 5.41) is 10.3. The van der Waals surface area contributed by atoms with Gasteiger partial charge in [0.15, 0.2) is 0 Å². The van der Waals surface area contributed by atoms with Gasteiger partial charge in [0.2, 0.25) is 0 Å². The molecule has 0 saturated carbocycles. The van der Waals surface area contributed by atoms with Gasteiger partial charge in [0.05, 0.1) is 7.11 Å². The third-order valence-electron chi connectivity index (χ3n) is 4.69. The van der Waals surface area contributed by atoms with Crippen molar-refractivity contribution in [1.29, 1.82) is 0 Å². The van der Waals surface area contributed by atoms with E-state index in [0.29, 0.717) is 0 Å². The van der Waals surface area contributed by atoms with Crippen molar-refractivity contribution in [2.75, 3.05) is 7.11 Å². The third kappa shape index (κ3) is 1.33. The van der Waals surface area contributed by atoms with Crippen LogP contribution in [-0.4, -0.2) is 7.11 Å². The fourth-order valence-corrected chi connectivity index (χ4v) is 3.80. The lowest BCUT2D eigenvalue weighted by atomic mass is 9.89. The highest BCUT2D eigenvalue weighted by molar-refractivity contribution is 6.34. The molecule has 0 heterocycles. The third-order valence-corrected chi connectivity index (χ3v) is 4.69. The van der Waals surface area contributed by atoms with Crippen LogP contribution in [0.3, 0.4) is 0 Å². The molecule has 0 radical (unpaired) electrons. The minimum Gasteiger partial charge on any atom is -0.496 e. The lowest BCUT2D eigenvalue weighted by molar-refractivity contribution is 0.420. The zero-order valence-corrected chi connectivity index (χ0v) is 12.3. The lowest BCUT2D eigenvalue weighted by Gasteiger charge is -2.16. The molecule has 0 N–H and O–H groups in total. The van der Waals surface area contributed by atoms with E-state index in [1.807, 2.05) is 0 Å². The smallest absolute Gasteiger partial charge is 0.127 e. The maximum absolute atomic E-state index is 5.68. The molecule has 0 aliphatic carbocycles. The number of ether oxygens (including phenoxy) is 1. The van der Waals surface area contributed by atoms with Gasteiger partial charge in [-0.25, -0.2) is 0 Å². The SMILES string of the molecule is COc1ccc2cccc3c4cccc5cccc(c1c23)c54. The second kappa shape index (κ2) is 4.11. The van der Waals surface area contributed by atoms with Gasteiger partial charge in [-0.2, -0.15) is 0 Å². The lowest BCUT2D eigenvalue weighted by Crippen LogP contribution is -1.90.